The number of phenols is 1. The van der Waals surface area contributed by atoms with Crippen molar-refractivity contribution >= 4 is 34.3 Å². The Morgan fingerprint density at radius 3 is 2.53 bits per heavy atom. The third-order valence-electron chi connectivity index (χ3n) is 5.88. The van der Waals surface area contributed by atoms with Gasteiger partial charge < -0.3 is 15.5 Å². The summed E-state index contributed by atoms with van der Waals surface area (Å²) in [5, 5.41) is 24.0. The molecule has 1 aliphatic rings. The molecule has 0 saturated carbocycles. The number of benzene rings is 3. The summed E-state index contributed by atoms with van der Waals surface area (Å²) in [4.78, 5) is 22.5. The van der Waals surface area contributed by atoms with E-state index in [1.807, 2.05) is 60.7 Å². The van der Waals surface area contributed by atoms with Gasteiger partial charge in [0.05, 0.1) is 17.8 Å². The van der Waals surface area contributed by atoms with Crippen LogP contribution in [0.4, 0.5) is 5.82 Å². The predicted molar refractivity (Wildman–Crippen MR) is 139 cm³/mol. The number of halogens is 1. The highest BCUT2D eigenvalue weighted by molar-refractivity contribution is 14.1. The molecule has 1 aliphatic carbocycles. The minimum atomic E-state index is -1.06. The molecule has 5 rings (SSSR count). The van der Waals surface area contributed by atoms with E-state index >= 15 is 0 Å². The van der Waals surface area contributed by atoms with Gasteiger partial charge in [0.15, 0.2) is 5.82 Å². The van der Waals surface area contributed by atoms with Gasteiger partial charge in [0.2, 0.25) is 5.91 Å². The Kier molecular flexibility index (Phi) is 6.30. The summed E-state index contributed by atoms with van der Waals surface area (Å²) in [6.07, 6.45) is 0.469. The first-order valence-corrected chi connectivity index (χ1v) is 12.1. The van der Waals surface area contributed by atoms with E-state index in [1.165, 1.54) is 0 Å². The standard InChI is InChI=1S/C27H22IN3O3/c28-19-9-6-16(7-10-19)14-23(33)30-27-25(26(34)17-4-2-1-3-5-17)31-24-21-12-11-20(32)15-18(21)8-13-22(24)29-27/h1-7,9-12,15,26,32,34H,8,13-14H2,(H,29,30,33). The number of aryl methyl sites for hydroxylation is 2. The highest BCUT2D eigenvalue weighted by atomic mass is 127. The van der Waals surface area contributed by atoms with Crippen molar-refractivity contribution < 1.29 is 15.0 Å². The fourth-order valence-electron chi connectivity index (χ4n) is 4.18. The number of nitrogens with zero attached hydrogens (tertiary/aromatic N) is 2. The van der Waals surface area contributed by atoms with Crippen molar-refractivity contribution in [2.24, 2.45) is 0 Å². The third kappa shape index (κ3) is 4.67. The molecule has 3 N–H and O–H groups in total. The number of rotatable bonds is 5. The summed E-state index contributed by atoms with van der Waals surface area (Å²) in [6, 6.07) is 22.1. The van der Waals surface area contributed by atoms with Crippen LogP contribution in [0.3, 0.4) is 0 Å². The molecule has 0 spiro atoms. The number of phenolic OH excluding ortho intramolecular Hbond substituents is 1. The van der Waals surface area contributed by atoms with Crippen LogP contribution in [0, 0.1) is 3.57 Å². The van der Waals surface area contributed by atoms with Gasteiger partial charge in [0.1, 0.15) is 17.5 Å². The molecular formula is C27H22IN3O3. The van der Waals surface area contributed by atoms with E-state index in [4.69, 9.17) is 9.97 Å². The van der Waals surface area contributed by atoms with E-state index in [-0.39, 0.29) is 23.9 Å². The normalized spacial score (nSPS) is 13.0. The maximum absolute atomic E-state index is 12.9. The number of anilines is 1. The fraction of sp³-hybridized carbons (Fsp3) is 0.148. The zero-order valence-corrected chi connectivity index (χ0v) is 20.4. The molecular weight excluding hydrogens is 541 g/mol. The molecule has 3 aromatic carbocycles. The molecule has 1 heterocycles. The van der Waals surface area contributed by atoms with E-state index in [0.29, 0.717) is 29.8 Å². The number of amides is 1. The minimum Gasteiger partial charge on any atom is -0.508 e. The van der Waals surface area contributed by atoms with Gasteiger partial charge in [-0.3, -0.25) is 4.79 Å². The number of aromatic hydroxyl groups is 1. The average molecular weight is 563 g/mol. The number of fused-ring (bicyclic) bond motifs is 3. The molecule has 34 heavy (non-hydrogen) atoms. The van der Waals surface area contributed by atoms with E-state index in [2.05, 4.69) is 27.9 Å². The summed E-state index contributed by atoms with van der Waals surface area (Å²) in [5.74, 6) is 0.255. The first-order valence-electron chi connectivity index (χ1n) is 11.0. The molecule has 0 saturated heterocycles. The zero-order chi connectivity index (χ0) is 23.7. The van der Waals surface area contributed by atoms with Gasteiger partial charge in [-0.05, 0) is 82.5 Å². The average Bonchev–Trinajstić information content (AvgIpc) is 2.85. The van der Waals surface area contributed by atoms with Gasteiger partial charge in [-0.15, -0.1) is 0 Å². The second-order valence-electron chi connectivity index (χ2n) is 8.26. The van der Waals surface area contributed by atoms with Gasteiger partial charge in [-0.1, -0.05) is 42.5 Å². The lowest BCUT2D eigenvalue weighted by Gasteiger charge is -2.23. The SMILES string of the molecule is O=C(Cc1ccc(I)cc1)Nc1nc2c(nc1C(O)c1ccccc1)-c1ccc(O)cc1CC2. The van der Waals surface area contributed by atoms with Gasteiger partial charge in [-0.2, -0.15) is 0 Å². The van der Waals surface area contributed by atoms with Crippen LogP contribution in [0.2, 0.25) is 0 Å². The number of hydrogen-bond donors (Lipinski definition) is 3. The third-order valence-corrected chi connectivity index (χ3v) is 6.60. The molecule has 0 aliphatic heterocycles. The summed E-state index contributed by atoms with van der Waals surface area (Å²) >= 11 is 2.23. The minimum absolute atomic E-state index is 0.193. The first kappa shape index (κ1) is 22.5. The monoisotopic (exact) mass is 563 g/mol. The Morgan fingerprint density at radius 2 is 1.76 bits per heavy atom. The number of hydrogen-bond acceptors (Lipinski definition) is 5. The van der Waals surface area contributed by atoms with Gasteiger partial charge in [0.25, 0.3) is 0 Å². The van der Waals surface area contributed by atoms with Crippen molar-refractivity contribution in [3.8, 4) is 17.0 Å². The molecule has 6 nitrogen and oxygen atoms in total. The van der Waals surface area contributed by atoms with E-state index in [9.17, 15) is 15.0 Å². The van der Waals surface area contributed by atoms with Crippen molar-refractivity contribution in [2.45, 2.75) is 25.4 Å². The lowest BCUT2D eigenvalue weighted by Crippen LogP contribution is -2.21. The fourth-order valence-corrected chi connectivity index (χ4v) is 4.54. The number of aliphatic hydroxyl groups excluding tert-OH is 1. The Labute approximate surface area is 210 Å². The molecule has 170 valence electrons. The molecule has 0 fully saturated rings. The predicted octanol–water partition coefficient (Wildman–Crippen LogP) is 4.82. The van der Waals surface area contributed by atoms with Crippen LogP contribution >= 0.6 is 22.6 Å². The van der Waals surface area contributed by atoms with Crippen LogP contribution in [0.25, 0.3) is 11.3 Å². The maximum atomic E-state index is 12.9. The van der Waals surface area contributed by atoms with Crippen molar-refractivity contribution in [1.29, 1.82) is 0 Å². The van der Waals surface area contributed by atoms with Crippen LogP contribution in [0.1, 0.15) is 34.2 Å². The maximum Gasteiger partial charge on any atom is 0.229 e. The van der Waals surface area contributed by atoms with Crippen LogP contribution in [0.15, 0.2) is 72.8 Å². The van der Waals surface area contributed by atoms with Gasteiger partial charge >= 0.3 is 0 Å². The number of aliphatic hydroxyl groups is 1. The highest BCUT2D eigenvalue weighted by Gasteiger charge is 2.26. The molecule has 0 radical (unpaired) electrons. The van der Waals surface area contributed by atoms with Gasteiger partial charge in [-0.25, -0.2) is 9.97 Å². The Bertz CT molecular complexity index is 1360. The van der Waals surface area contributed by atoms with Crippen LogP contribution < -0.4 is 5.32 Å². The first-order chi connectivity index (χ1) is 16.5. The summed E-state index contributed by atoms with van der Waals surface area (Å²) in [7, 11) is 0. The summed E-state index contributed by atoms with van der Waals surface area (Å²) in [6.45, 7) is 0. The van der Waals surface area contributed by atoms with E-state index in [1.54, 1.807) is 12.1 Å². The number of carbonyl (C=O) groups excluding carboxylic acids is 1. The van der Waals surface area contributed by atoms with Crippen LogP contribution in [-0.2, 0) is 24.1 Å². The molecule has 0 bridgehead atoms. The van der Waals surface area contributed by atoms with Crippen LogP contribution in [-0.4, -0.2) is 26.1 Å². The zero-order valence-electron chi connectivity index (χ0n) is 18.2. The number of carbonyl (C=O) groups is 1. The van der Waals surface area contributed by atoms with E-state index in [0.717, 1.165) is 26.0 Å². The van der Waals surface area contributed by atoms with Crippen LogP contribution in [0.5, 0.6) is 5.75 Å². The number of aromatic nitrogens is 2. The Hall–Kier alpha value is -3.30. The van der Waals surface area contributed by atoms with Crippen molar-refractivity contribution in [3.05, 3.63) is 104 Å². The van der Waals surface area contributed by atoms with E-state index < -0.39 is 6.10 Å². The van der Waals surface area contributed by atoms with Crippen molar-refractivity contribution in [2.75, 3.05) is 5.32 Å². The lowest BCUT2D eigenvalue weighted by atomic mass is 9.91. The largest absolute Gasteiger partial charge is 0.508 e. The molecule has 1 amide bonds. The smallest absolute Gasteiger partial charge is 0.229 e. The molecule has 1 aromatic heterocycles. The summed E-state index contributed by atoms with van der Waals surface area (Å²) in [5.41, 5.74) is 5.13. The van der Waals surface area contributed by atoms with Gasteiger partial charge in [0, 0.05) is 9.13 Å². The molecule has 1 atom stereocenters. The Morgan fingerprint density at radius 1 is 1.00 bits per heavy atom. The topological polar surface area (TPSA) is 95.3 Å². The quantitative estimate of drug-likeness (QED) is 0.303. The second-order valence-corrected chi connectivity index (χ2v) is 9.50. The summed E-state index contributed by atoms with van der Waals surface area (Å²) < 4.78 is 1.10. The van der Waals surface area contributed by atoms with Crippen molar-refractivity contribution in [1.82, 2.24) is 9.97 Å². The molecule has 1 unspecified atom stereocenters. The van der Waals surface area contributed by atoms with Crippen molar-refractivity contribution in [3.63, 3.8) is 0 Å². The lowest BCUT2D eigenvalue weighted by molar-refractivity contribution is -0.115. The molecule has 7 heteroatoms. The highest BCUT2D eigenvalue weighted by Crippen LogP contribution is 2.36. The molecule has 4 aromatic rings. The Balaban J connectivity index is 1.54. The second kappa shape index (κ2) is 9.52. The number of nitrogens with one attached hydrogen (secondary N) is 1.